The fourth-order valence-electron chi connectivity index (χ4n) is 3.93. The second-order valence-electron chi connectivity index (χ2n) is 7.37. The average Bonchev–Trinajstić information content (AvgIpc) is 2.80. The quantitative estimate of drug-likeness (QED) is 0.598. The predicted molar refractivity (Wildman–Crippen MR) is 118 cm³/mol. The zero-order chi connectivity index (χ0) is 22.0. The first-order valence-corrected chi connectivity index (χ1v) is 10.2. The molecule has 6 heteroatoms. The van der Waals surface area contributed by atoms with Crippen LogP contribution >= 0.6 is 0 Å². The van der Waals surface area contributed by atoms with Crippen molar-refractivity contribution >= 4 is 23.2 Å². The SMILES string of the molecule is CC[C@@H]1C(=O)N(Cc2ccccc2)c2cc(F)ccc2N1C(=O)c1cccc(OC)c1. The highest BCUT2D eigenvalue weighted by molar-refractivity contribution is 6.17. The molecule has 0 N–H and O–H groups in total. The number of rotatable bonds is 5. The number of ether oxygens (including phenoxy) is 1. The molecule has 4 rings (SSSR count). The first-order valence-electron chi connectivity index (χ1n) is 10.2. The van der Waals surface area contributed by atoms with Gasteiger partial charge in [-0.25, -0.2) is 4.39 Å². The van der Waals surface area contributed by atoms with Crippen LogP contribution in [0.5, 0.6) is 5.75 Å². The van der Waals surface area contributed by atoms with Crippen molar-refractivity contribution < 1.29 is 18.7 Å². The minimum Gasteiger partial charge on any atom is -0.497 e. The third-order valence-corrected chi connectivity index (χ3v) is 5.46. The van der Waals surface area contributed by atoms with Crippen LogP contribution in [0.1, 0.15) is 29.3 Å². The fraction of sp³-hybridized carbons (Fsp3) is 0.200. The fourth-order valence-corrected chi connectivity index (χ4v) is 3.93. The largest absolute Gasteiger partial charge is 0.497 e. The van der Waals surface area contributed by atoms with Gasteiger partial charge in [0.2, 0.25) is 0 Å². The van der Waals surface area contributed by atoms with Gasteiger partial charge in [-0.15, -0.1) is 0 Å². The summed E-state index contributed by atoms with van der Waals surface area (Å²) in [7, 11) is 1.53. The molecule has 0 aliphatic carbocycles. The lowest BCUT2D eigenvalue weighted by Crippen LogP contribution is -2.55. The second kappa shape index (κ2) is 8.60. The van der Waals surface area contributed by atoms with E-state index in [1.165, 1.54) is 24.1 Å². The molecule has 0 aromatic heterocycles. The molecule has 3 aromatic rings. The van der Waals surface area contributed by atoms with E-state index in [2.05, 4.69) is 0 Å². The number of benzene rings is 3. The summed E-state index contributed by atoms with van der Waals surface area (Å²) in [6.07, 6.45) is 0.427. The minimum atomic E-state index is -0.694. The topological polar surface area (TPSA) is 49.9 Å². The summed E-state index contributed by atoms with van der Waals surface area (Å²) in [5.41, 5.74) is 2.22. The monoisotopic (exact) mass is 418 g/mol. The Hall–Kier alpha value is -3.67. The Balaban J connectivity index is 1.81. The van der Waals surface area contributed by atoms with Crippen LogP contribution in [0.3, 0.4) is 0 Å². The molecule has 0 fully saturated rings. The number of nitrogens with zero attached hydrogens (tertiary/aromatic N) is 2. The summed E-state index contributed by atoms with van der Waals surface area (Å²) < 4.78 is 19.4. The summed E-state index contributed by atoms with van der Waals surface area (Å²) in [5.74, 6) is -0.479. The molecule has 0 spiro atoms. The molecule has 1 atom stereocenters. The maximum atomic E-state index is 14.2. The van der Waals surface area contributed by atoms with Crippen LogP contribution in [0.4, 0.5) is 15.8 Å². The van der Waals surface area contributed by atoms with Crippen molar-refractivity contribution in [2.24, 2.45) is 0 Å². The number of amides is 2. The van der Waals surface area contributed by atoms with Crippen LogP contribution in [-0.4, -0.2) is 25.0 Å². The van der Waals surface area contributed by atoms with E-state index in [9.17, 15) is 14.0 Å². The van der Waals surface area contributed by atoms with Crippen LogP contribution in [0.2, 0.25) is 0 Å². The molecule has 2 amide bonds. The van der Waals surface area contributed by atoms with E-state index in [0.717, 1.165) is 5.56 Å². The number of fused-ring (bicyclic) bond motifs is 1. The maximum absolute atomic E-state index is 14.2. The highest BCUT2D eigenvalue weighted by atomic mass is 19.1. The Bertz CT molecular complexity index is 1120. The van der Waals surface area contributed by atoms with Crippen LogP contribution in [-0.2, 0) is 11.3 Å². The highest BCUT2D eigenvalue weighted by Crippen LogP contribution is 2.39. The third-order valence-electron chi connectivity index (χ3n) is 5.46. The number of methoxy groups -OCH3 is 1. The number of hydrogen-bond donors (Lipinski definition) is 0. The Morgan fingerprint density at radius 3 is 2.48 bits per heavy atom. The Labute approximate surface area is 180 Å². The second-order valence-corrected chi connectivity index (χ2v) is 7.37. The summed E-state index contributed by atoms with van der Waals surface area (Å²) in [4.78, 5) is 30.0. The van der Waals surface area contributed by atoms with Gasteiger partial charge >= 0.3 is 0 Å². The number of anilines is 2. The lowest BCUT2D eigenvalue weighted by molar-refractivity contribution is -0.120. The molecule has 5 nitrogen and oxygen atoms in total. The van der Waals surface area contributed by atoms with Gasteiger partial charge in [0.1, 0.15) is 17.6 Å². The molecule has 1 heterocycles. The number of hydrogen-bond acceptors (Lipinski definition) is 3. The summed E-state index contributed by atoms with van der Waals surface area (Å²) in [6.45, 7) is 2.16. The van der Waals surface area contributed by atoms with Crippen molar-refractivity contribution in [3.05, 3.63) is 89.7 Å². The third kappa shape index (κ3) is 3.89. The molecule has 1 aliphatic rings. The standard InChI is InChI=1S/C25H23FN2O3/c1-3-21-25(30)27(16-17-8-5-4-6-9-17)23-15-19(26)12-13-22(23)28(21)24(29)18-10-7-11-20(14-18)31-2/h4-15,21H,3,16H2,1-2H3/t21-/m1/s1. The summed E-state index contributed by atoms with van der Waals surface area (Å²) in [5, 5.41) is 0. The first-order chi connectivity index (χ1) is 15.0. The highest BCUT2D eigenvalue weighted by Gasteiger charge is 2.40. The van der Waals surface area contributed by atoms with E-state index in [1.54, 1.807) is 35.2 Å². The molecule has 0 unspecified atom stereocenters. The normalized spacial score (nSPS) is 15.6. The lowest BCUT2D eigenvalue weighted by Gasteiger charge is -2.41. The average molecular weight is 418 g/mol. The van der Waals surface area contributed by atoms with Crippen LogP contribution in [0.15, 0.2) is 72.8 Å². The van der Waals surface area contributed by atoms with E-state index in [4.69, 9.17) is 4.74 Å². The minimum absolute atomic E-state index is 0.235. The van der Waals surface area contributed by atoms with Gasteiger partial charge in [0, 0.05) is 5.56 Å². The molecular formula is C25H23FN2O3. The van der Waals surface area contributed by atoms with Crippen molar-refractivity contribution in [1.82, 2.24) is 0 Å². The van der Waals surface area contributed by atoms with Crippen LogP contribution < -0.4 is 14.5 Å². The van der Waals surface area contributed by atoms with Gasteiger partial charge in [-0.2, -0.15) is 0 Å². The van der Waals surface area contributed by atoms with Gasteiger partial charge in [-0.3, -0.25) is 14.5 Å². The van der Waals surface area contributed by atoms with Crippen LogP contribution in [0, 0.1) is 5.82 Å². The van der Waals surface area contributed by atoms with E-state index < -0.39 is 11.9 Å². The molecule has 0 bridgehead atoms. The van der Waals surface area contributed by atoms with E-state index >= 15 is 0 Å². The van der Waals surface area contributed by atoms with Gasteiger partial charge in [0.25, 0.3) is 11.8 Å². The van der Waals surface area contributed by atoms with Gasteiger partial charge in [0.15, 0.2) is 0 Å². The van der Waals surface area contributed by atoms with Crippen molar-refractivity contribution in [2.45, 2.75) is 25.9 Å². The van der Waals surface area contributed by atoms with Crippen LogP contribution in [0.25, 0.3) is 0 Å². The van der Waals surface area contributed by atoms with E-state index in [1.807, 2.05) is 37.3 Å². The maximum Gasteiger partial charge on any atom is 0.259 e. The molecule has 1 aliphatic heterocycles. The van der Waals surface area contributed by atoms with Gasteiger partial charge in [0.05, 0.1) is 25.0 Å². The van der Waals surface area contributed by atoms with Crippen molar-refractivity contribution in [2.75, 3.05) is 16.9 Å². The lowest BCUT2D eigenvalue weighted by atomic mass is 10.0. The van der Waals surface area contributed by atoms with Gasteiger partial charge in [-0.1, -0.05) is 43.3 Å². The number of carbonyl (C=O) groups excluding carboxylic acids is 2. The Morgan fingerprint density at radius 1 is 1.00 bits per heavy atom. The van der Waals surface area contributed by atoms with E-state index in [0.29, 0.717) is 35.7 Å². The first kappa shape index (κ1) is 20.6. The number of carbonyl (C=O) groups is 2. The summed E-state index contributed by atoms with van der Waals surface area (Å²) in [6, 6.07) is 19.8. The zero-order valence-electron chi connectivity index (χ0n) is 17.4. The predicted octanol–water partition coefficient (Wildman–Crippen LogP) is 4.81. The Kier molecular flexibility index (Phi) is 5.71. The van der Waals surface area contributed by atoms with E-state index in [-0.39, 0.29) is 11.8 Å². The van der Waals surface area contributed by atoms with Crippen molar-refractivity contribution in [3.8, 4) is 5.75 Å². The van der Waals surface area contributed by atoms with Crippen molar-refractivity contribution in [1.29, 1.82) is 0 Å². The summed E-state index contributed by atoms with van der Waals surface area (Å²) >= 11 is 0. The Morgan fingerprint density at radius 2 is 1.77 bits per heavy atom. The molecule has 0 radical (unpaired) electrons. The number of halogens is 1. The van der Waals surface area contributed by atoms with Gasteiger partial charge in [-0.05, 0) is 48.4 Å². The molecule has 3 aromatic carbocycles. The molecule has 0 saturated carbocycles. The molecule has 31 heavy (non-hydrogen) atoms. The molecule has 0 saturated heterocycles. The smallest absolute Gasteiger partial charge is 0.259 e. The molecule has 158 valence electrons. The molecular weight excluding hydrogens is 395 g/mol. The van der Waals surface area contributed by atoms with Gasteiger partial charge < -0.3 is 9.64 Å². The zero-order valence-corrected chi connectivity index (χ0v) is 17.4. The van der Waals surface area contributed by atoms with Crippen molar-refractivity contribution in [3.63, 3.8) is 0 Å².